The fourth-order valence-corrected chi connectivity index (χ4v) is 1.90. The van der Waals surface area contributed by atoms with Crippen LogP contribution in [0.4, 0.5) is 0 Å². The molecule has 0 saturated carbocycles. The molecule has 0 spiro atoms. The van der Waals surface area contributed by atoms with Gasteiger partial charge in [-0.2, -0.15) is 0 Å². The molecule has 0 bridgehead atoms. The van der Waals surface area contributed by atoms with Crippen LogP contribution in [-0.4, -0.2) is 11.7 Å². The second-order valence-electron chi connectivity index (χ2n) is 5.91. The zero-order valence-electron chi connectivity index (χ0n) is 14.4. The van der Waals surface area contributed by atoms with Crippen LogP contribution in [0.2, 0.25) is 0 Å². The largest absolute Gasteiger partial charge is 0.392 e. The molecular weight excluding hydrogens is 256 g/mol. The molecule has 1 N–H and O–H groups in total. The number of aliphatic hydroxyl groups excluding tert-OH is 1. The molecule has 0 aliphatic heterocycles. The van der Waals surface area contributed by atoms with Crippen LogP contribution in [-0.2, 0) is 0 Å². The standard InChI is InChI=1S/C20H32O/c1-17(2)9-6-10-18(3)11-7-12-19(4)13-8-14-20(5)15-16-21/h8-9,11,13-15,21H,6-7,10,12,16H2,1-5H3/b14-8+,18-11+,19-13+,20-15+. The van der Waals surface area contributed by atoms with Crippen molar-refractivity contribution in [3.63, 3.8) is 0 Å². The Hall–Kier alpha value is -1.34. The summed E-state index contributed by atoms with van der Waals surface area (Å²) in [6, 6.07) is 0. The van der Waals surface area contributed by atoms with Crippen LogP contribution >= 0.6 is 0 Å². The second-order valence-corrected chi connectivity index (χ2v) is 5.91. The number of allylic oxidation sites excluding steroid dienone is 9. The van der Waals surface area contributed by atoms with E-state index in [0.29, 0.717) is 0 Å². The first-order valence-corrected chi connectivity index (χ1v) is 7.86. The average Bonchev–Trinajstić information content (AvgIpc) is 2.38. The van der Waals surface area contributed by atoms with Gasteiger partial charge in [0.05, 0.1) is 6.61 Å². The van der Waals surface area contributed by atoms with Crippen molar-refractivity contribution >= 4 is 0 Å². The first kappa shape index (κ1) is 19.7. The van der Waals surface area contributed by atoms with E-state index in [0.717, 1.165) is 24.8 Å². The summed E-state index contributed by atoms with van der Waals surface area (Å²) in [6.07, 6.45) is 17.2. The first-order valence-electron chi connectivity index (χ1n) is 7.86. The van der Waals surface area contributed by atoms with E-state index < -0.39 is 0 Å². The quantitative estimate of drug-likeness (QED) is 0.413. The molecule has 0 heterocycles. The number of rotatable bonds is 9. The van der Waals surface area contributed by atoms with E-state index in [2.05, 4.69) is 52.0 Å². The third-order valence-electron chi connectivity index (χ3n) is 3.28. The Bertz CT molecular complexity index is 427. The summed E-state index contributed by atoms with van der Waals surface area (Å²) < 4.78 is 0. The van der Waals surface area contributed by atoms with Gasteiger partial charge in [-0.1, -0.05) is 58.7 Å². The van der Waals surface area contributed by atoms with E-state index in [1.807, 2.05) is 13.0 Å². The molecule has 21 heavy (non-hydrogen) atoms. The molecule has 0 aliphatic carbocycles. The van der Waals surface area contributed by atoms with Gasteiger partial charge >= 0.3 is 0 Å². The highest BCUT2D eigenvalue weighted by molar-refractivity contribution is 5.22. The van der Waals surface area contributed by atoms with Gasteiger partial charge in [0.1, 0.15) is 0 Å². The van der Waals surface area contributed by atoms with Crippen LogP contribution in [0.5, 0.6) is 0 Å². The van der Waals surface area contributed by atoms with E-state index in [1.165, 1.54) is 23.1 Å². The molecule has 0 aromatic carbocycles. The van der Waals surface area contributed by atoms with Crippen molar-refractivity contribution in [3.8, 4) is 0 Å². The van der Waals surface area contributed by atoms with Crippen LogP contribution in [0.15, 0.2) is 58.7 Å². The predicted octanol–water partition coefficient (Wildman–Crippen LogP) is 5.90. The molecule has 0 fully saturated rings. The fraction of sp³-hybridized carbons (Fsp3) is 0.500. The van der Waals surface area contributed by atoms with Crippen LogP contribution in [0, 0.1) is 0 Å². The average molecular weight is 288 g/mol. The summed E-state index contributed by atoms with van der Waals surface area (Å²) in [5.41, 5.74) is 5.37. The van der Waals surface area contributed by atoms with Gasteiger partial charge in [0.2, 0.25) is 0 Å². The Labute approximate surface area is 131 Å². The molecule has 0 rings (SSSR count). The highest BCUT2D eigenvalue weighted by atomic mass is 16.2. The lowest BCUT2D eigenvalue weighted by molar-refractivity contribution is 0.342. The van der Waals surface area contributed by atoms with E-state index in [4.69, 9.17) is 5.11 Å². The maximum atomic E-state index is 8.77. The molecule has 1 heteroatoms. The molecule has 118 valence electrons. The summed E-state index contributed by atoms with van der Waals surface area (Å²) in [7, 11) is 0. The van der Waals surface area contributed by atoms with Crippen molar-refractivity contribution in [1.82, 2.24) is 0 Å². The van der Waals surface area contributed by atoms with Gasteiger partial charge in [-0.3, -0.25) is 0 Å². The molecule has 0 aromatic rings. The molecular formula is C20H32O. The van der Waals surface area contributed by atoms with Gasteiger partial charge in [-0.25, -0.2) is 0 Å². The van der Waals surface area contributed by atoms with Crippen molar-refractivity contribution in [2.75, 3.05) is 6.61 Å². The molecule has 0 unspecified atom stereocenters. The van der Waals surface area contributed by atoms with Crippen molar-refractivity contribution in [2.45, 2.75) is 60.3 Å². The molecule has 0 atom stereocenters. The minimum absolute atomic E-state index is 0.107. The SMILES string of the molecule is CC(C)=CCC/C(C)=C/CC/C(C)=C/C=C/C(C)=C/CO. The Morgan fingerprint density at radius 1 is 0.810 bits per heavy atom. The van der Waals surface area contributed by atoms with Crippen LogP contribution in [0.3, 0.4) is 0 Å². The van der Waals surface area contributed by atoms with E-state index in [-0.39, 0.29) is 6.61 Å². The summed E-state index contributed by atoms with van der Waals surface area (Å²) in [6.45, 7) is 10.8. The first-order chi connectivity index (χ1) is 9.95. The molecule has 0 amide bonds. The smallest absolute Gasteiger partial charge is 0.0617 e. The highest BCUT2D eigenvalue weighted by Gasteiger charge is 1.91. The normalized spacial score (nSPS) is 13.9. The third kappa shape index (κ3) is 13.4. The van der Waals surface area contributed by atoms with Crippen molar-refractivity contribution in [1.29, 1.82) is 0 Å². The van der Waals surface area contributed by atoms with Gasteiger partial charge in [0.15, 0.2) is 0 Å². The van der Waals surface area contributed by atoms with Gasteiger partial charge < -0.3 is 5.11 Å². The van der Waals surface area contributed by atoms with Gasteiger partial charge in [0, 0.05) is 0 Å². The van der Waals surface area contributed by atoms with Gasteiger partial charge in [-0.05, 0) is 60.3 Å². The monoisotopic (exact) mass is 288 g/mol. The summed E-state index contributed by atoms with van der Waals surface area (Å²) >= 11 is 0. The summed E-state index contributed by atoms with van der Waals surface area (Å²) in [5, 5.41) is 8.77. The minimum atomic E-state index is 0.107. The molecule has 0 saturated heterocycles. The topological polar surface area (TPSA) is 20.2 Å². The zero-order chi connectivity index (χ0) is 16.1. The van der Waals surface area contributed by atoms with E-state index in [1.54, 1.807) is 6.08 Å². The second kappa shape index (κ2) is 12.4. The zero-order valence-corrected chi connectivity index (χ0v) is 14.4. The van der Waals surface area contributed by atoms with Crippen LogP contribution in [0.1, 0.15) is 60.3 Å². The van der Waals surface area contributed by atoms with Crippen molar-refractivity contribution in [3.05, 3.63) is 58.7 Å². The lowest BCUT2D eigenvalue weighted by Crippen LogP contribution is -1.80. The van der Waals surface area contributed by atoms with Crippen molar-refractivity contribution in [2.24, 2.45) is 0 Å². The Balaban J connectivity index is 4.09. The van der Waals surface area contributed by atoms with Gasteiger partial charge in [-0.15, -0.1) is 0 Å². The van der Waals surface area contributed by atoms with Crippen molar-refractivity contribution < 1.29 is 5.11 Å². The van der Waals surface area contributed by atoms with Gasteiger partial charge in [0.25, 0.3) is 0 Å². The number of aliphatic hydroxyl groups is 1. The lowest BCUT2D eigenvalue weighted by atomic mass is 10.1. The summed E-state index contributed by atoms with van der Waals surface area (Å²) in [5.74, 6) is 0. The predicted molar refractivity (Wildman–Crippen MR) is 95.4 cm³/mol. The van der Waals surface area contributed by atoms with Crippen LogP contribution in [0.25, 0.3) is 0 Å². The Morgan fingerprint density at radius 3 is 2.05 bits per heavy atom. The maximum Gasteiger partial charge on any atom is 0.0617 e. The Morgan fingerprint density at radius 2 is 1.43 bits per heavy atom. The molecule has 0 radical (unpaired) electrons. The fourth-order valence-electron chi connectivity index (χ4n) is 1.90. The lowest BCUT2D eigenvalue weighted by Gasteiger charge is -2.00. The highest BCUT2D eigenvalue weighted by Crippen LogP contribution is 2.11. The van der Waals surface area contributed by atoms with E-state index >= 15 is 0 Å². The molecule has 1 nitrogen and oxygen atoms in total. The molecule has 0 aliphatic rings. The number of hydrogen-bond acceptors (Lipinski definition) is 1. The van der Waals surface area contributed by atoms with Crippen LogP contribution < -0.4 is 0 Å². The maximum absolute atomic E-state index is 8.77. The van der Waals surface area contributed by atoms with E-state index in [9.17, 15) is 0 Å². The third-order valence-corrected chi connectivity index (χ3v) is 3.28. The number of hydrogen-bond donors (Lipinski definition) is 1. The Kier molecular flexibility index (Phi) is 11.6. The molecule has 0 aromatic heterocycles. The minimum Gasteiger partial charge on any atom is -0.392 e. The summed E-state index contributed by atoms with van der Waals surface area (Å²) in [4.78, 5) is 0.